The molecule has 0 aliphatic heterocycles. The Hall–Kier alpha value is -3.49. The standard InChI is InChI=1S/C30H33N3O/c1-4-6-18-30(19-7-5-2)28-20-22(3)8-16-26(28)27-17-13-24(21-29(27)30)10-9-23-11-14-25(15-12-23)34-33-32-31/h8-17,20-21H,4-7,18-19H2,1-3H3. The van der Waals surface area contributed by atoms with Crippen LogP contribution in [-0.4, -0.2) is 0 Å². The van der Waals surface area contributed by atoms with E-state index < -0.39 is 0 Å². The minimum Gasteiger partial charge on any atom is -0.394 e. The Morgan fingerprint density at radius 2 is 1.41 bits per heavy atom. The fourth-order valence-corrected chi connectivity index (χ4v) is 5.25. The molecule has 0 heterocycles. The lowest BCUT2D eigenvalue weighted by Gasteiger charge is -2.33. The molecule has 0 amide bonds. The largest absolute Gasteiger partial charge is 0.394 e. The molecule has 0 fully saturated rings. The number of rotatable bonds is 10. The van der Waals surface area contributed by atoms with Crippen molar-refractivity contribution in [3.8, 4) is 16.9 Å². The van der Waals surface area contributed by atoms with Crippen molar-refractivity contribution in [1.29, 1.82) is 0 Å². The quantitative estimate of drug-likeness (QED) is 0.0995. The Bertz CT molecular complexity index is 1210. The van der Waals surface area contributed by atoms with Crippen molar-refractivity contribution in [2.24, 2.45) is 5.28 Å². The first-order chi connectivity index (χ1) is 16.6. The second-order valence-corrected chi connectivity index (χ2v) is 9.31. The molecule has 0 atom stereocenters. The van der Waals surface area contributed by atoms with Gasteiger partial charge in [0, 0.05) is 10.3 Å². The molecular formula is C30H33N3O. The van der Waals surface area contributed by atoms with Crippen LogP contribution in [0.15, 0.2) is 65.9 Å². The van der Waals surface area contributed by atoms with E-state index in [1.165, 1.54) is 71.9 Å². The van der Waals surface area contributed by atoms with Crippen molar-refractivity contribution in [2.45, 2.75) is 64.7 Å². The molecule has 3 aromatic rings. The lowest BCUT2D eigenvalue weighted by molar-refractivity contribution is 0.333. The third-order valence-electron chi connectivity index (χ3n) is 6.99. The van der Waals surface area contributed by atoms with Gasteiger partial charge in [-0.15, -0.1) is 0 Å². The molecule has 0 radical (unpaired) electrons. The first kappa shape index (κ1) is 23.7. The molecule has 0 bridgehead atoms. The van der Waals surface area contributed by atoms with E-state index in [0.717, 1.165) is 5.56 Å². The van der Waals surface area contributed by atoms with Crippen LogP contribution in [0.3, 0.4) is 0 Å². The third kappa shape index (κ3) is 4.73. The van der Waals surface area contributed by atoms with E-state index in [-0.39, 0.29) is 5.41 Å². The van der Waals surface area contributed by atoms with E-state index in [4.69, 9.17) is 10.4 Å². The van der Waals surface area contributed by atoms with Gasteiger partial charge in [0.2, 0.25) is 0 Å². The van der Waals surface area contributed by atoms with Crippen LogP contribution in [0.2, 0.25) is 0 Å². The molecule has 0 saturated heterocycles. The van der Waals surface area contributed by atoms with E-state index in [1.54, 1.807) is 12.1 Å². The topological polar surface area (TPSA) is 58.0 Å². The van der Waals surface area contributed by atoms with Crippen LogP contribution >= 0.6 is 0 Å². The van der Waals surface area contributed by atoms with Crippen molar-refractivity contribution in [3.05, 3.63) is 98.9 Å². The van der Waals surface area contributed by atoms with Crippen LogP contribution in [0, 0.1) is 6.92 Å². The Morgan fingerprint density at radius 1 is 0.824 bits per heavy atom. The van der Waals surface area contributed by atoms with E-state index in [2.05, 4.69) is 79.5 Å². The molecule has 174 valence electrons. The monoisotopic (exact) mass is 451 g/mol. The second kappa shape index (κ2) is 10.6. The van der Waals surface area contributed by atoms with Crippen LogP contribution in [-0.2, 0) is 5.41 Å². The lowest BCUT2D eigenvalue weighted by Crippen LogP contribution is -2.25. The average Bonchev–Trinajstić information content (AvgIpc) is 3.12. The first-order valence-electron chi connectivity index (χ1n) is 12.4. The van der Waals surface area contributed by atoms with Gasteiger partial charge < -0.3 is 4.84 Å². The number of azide groups is 1. The minimum absolute atomic E-state index is 0.104. The van der Waals surface area contributed by atoms with E-state index in [1.807, 2.05) is 12.1 Å². The number of benzene rings is 3. The van der Waals surface area contributed by atoms with Gasteiger partial charge in [0.1, 0.15) is 11.0 Å². The maximum atomic E-state index is 8.38. The van der Waals surface area contributed by atoms with Gasteiger partial charge in [-0.05, 0) is 70.8 Å². The minimum atomic E-state index is 0.104. The summed E-state index contributed by atoms with van der Waals surface area (Å²) in [4.78, 5) is 7.55. The molecular weight excluding hydrogens is 418 g/mol. The van der Waals surface area contributed by atoms with Crippen LogP contribution in [0.25, 0.3) is 33.7 Å². The second-order valence-electron chi connectivity index (χ2n) is 9.31. The van der Waals surface area contributed by atoms with E-state index >= 15 is 0 Å². The van der Waals surface area contributed by atoms with Gasteiger partial charge in [0.15, 0.2) is 0 Å². The molecule has 0 aromatic heterocycles. The molecule has 34 heavy (non-hydrogen) atoms. The summed E-state index contributed by atoms with van der Waals surface area (Å²) in [5.74, 6) is 0.525. The predicted octanol–water partition coefficient (Wildman–Crippen LogP) is 9.42. The van der Waals surface area contributed by atoms with E-state index in [0.29, 0.717) is 5.75 Å². The highest BCUT2D eigenvalue weighted by Gasteiger charge is 2.42. The highest BCUT2D eigenvalue weighted by molar-refractivity contribution is 5.83. The molecule has 1 aliphatic carbocycles. The summed E-state index contributed by atoms with van der Waals surface area (Å²) in [6.07, 6.45) is 11.6. The van der Waals surface area contributed by atoms with Gasteiger partial charge in [-0.25, -0.2) is 0 Å². The molecule has 3 aromatic carbocycles. The summed E-state index contributed by atoms with van der Waals surface area (Å²) in [6.45, 7) is 6.80. The van der Waals surface area contributed by atoms with Gasteiger partial charge in [-0.2, -0.15) is 0 Å². The molecule has 4 heteroatoms. The Morgan fingerprint density at radius 3 is 2.06 bits per heavy atom. The maximum Gasteiger partial charge on any atom is 0.136 e. The first-order valence-corrected chi connectivity index (χ1v) is 12.4. The van der Waals surface area contributed by atoms with Crippen LogP contribution in [0.5, 0.6) is 5.75 Å². The summed E-state index contributed by atoms with van der Waals surface area (Å²) in [7, 11) is 0. The van der Waals surface area contributed by atoms with Crippen molar-refractivity contribution >= 4 is 12.2 Å². The molecule has 0 spiro atoms. The van der Waals surface area contributed by atoms with Gasteiger partial charge in [0.25, 0.3) is 0 Å². The normalized spacial score (nSPS) is 13.4. The molecule has 4 nitrogen and oxygen atoms in total. The third-order valence-corrected chi connectivity index (χ3v) is 6.99. The van der Waals surface area contributed by atoms with Crippen molar-refractivity contribution in [1.82, 2.24) is 0 Å². The summed E-state index contributed by atoms with van der Waals surface area (Å²) < 4.78 is 0. The maximum absolute atomic E-state index is 8.38. The molecule has 0 N–H and O–H groups in total. The fraction of sp³-hybridized carbons (Fsp3) is 0.333. The van der Waals surface area contributed by atoms with Crippen molar-refractivity contribution in [3.63, 3.8) is 0 Å². The smallest absolute Gasteiger partial charge is 0.136 e. The summed E-state index contributed by atoms with van der Waals surface area (Å²) in [6, 6.07) is 21.5. The zero-order valence-corrected chi connectivity index (χ0v) is 20.4. The van der Waals surface area contributed by atoms with Gasteiger partial charge in [0.05, 0.1) is 0 Å². The number of fused-ring (bicyclic) bond motifs is 3. The van der Waals surface area contributed by atoms with Crippen LogP contribution in [0.4, 0.5) is 0 Å². The SMILES string of the molecule is CCCCC1(CCCC)c2cc(C)ccc2-c2ccc(C=Cc3ccc(ON=[N+]=[N-])cc3)cc21. The average molecular weight is 452 g/mol. The van der Waals surface area contributed by atoms with Crippen molar-refractivity contribution in [2.75, 3.05) is 0 Å². The number of nitrogens with zero attached hydrogens (tertiary/aromatic N) is 3. The highest BCUT2D eigenvalue weighted by atomic mass is 16.6. The van der Waals surface area contributed by atoms with E-state index in [9.17, 15) is 0 Å². The number of aryl methyl sites for hydroxylation is 1. The summed E-state index contributed by atoms with van der Waals surface area (Å²) in [5, 5.41) is 3.14. The van der Waals surface area contributed by atoms with Crippen molar-refractivity contribution < 1.29 is 4.84 Å². The molecule has 1 aliphatic rings. The van der Waals surface area contributed by atoms with Gasteiger partial charge >= 0.3 is 0 Å². The number of unbranched alkanes of at least 4 members (excludes halogenated alkanes) is 2. The molecule has 0 unspecified atom stereocenters. The lowest BCUT2D eigenvalue weighted by atomic mass is 9.70. The summed E-state index contributed by atoms with van der Waals surface area (Å²) >= 11 is 0. The Balaban J connectivity index is 1.71. The highest BCUT2D eigenvalue weighted by Crippen LogP contribution is 2.54. The van der Waals surface area contributed by atoms with Gasteiger partial charge in [-0.1, -0.05) is 106 Å². The number of hydrogen-bond acceptors (Lipinski definition) is 2. The zero-order valence-electron chi connectivity index (χ0n) is 20.4. The van der Waals surface area contributed by atoms with Crippen LogP contribution in [0.1, 0.15) is 80.2 Å². The predicted molar refractivity (Wildman–Crippen MR) is 142 cm³/mol. The molecule has 4 rings (SSSR count). The van der Waals surface area contributed by atoms with Gasteiger partial charge in [-0.3, -0.25) is 0 Å². The Kier molecular flexibility index (Phi) is 7.40. The molecule has 0 saturated carbocycles. The fourth-order valence-electron chi connectivity index (χ4n) is 5.25. The van der Waals surface area contributed by atoms with Crippen LogP contribution < -0.4 is 4.84 Å². The number of hydrogen-bond donors (Lipinski definition) is 0. The zero-order chi connectivity index (χ0) is 24.0. The Labute approximate surface area is 202 Å². The summed E-state index contributed by atoms with van der Waals surface area (Å²) in [5.41, 5.74) is 18.0.